The molecular weight excluding hydrogens is 427 g/mol. The van der Waals surface area contributed by atoms with Crippen LogP contribution in [0.1, 0.15) is 15.9 Å². The van der Waals surface area contributed by atoms with Crippen LogP contribution in [0.5, 0.6) is 0 Å². The van der Waals surface area contributed by atoms with Crippen LogP contribution < -0.4 is 0 Å². The summed E-state index contributed by atoms with van der Waals surface area (Å²) in [5.74, 6) is -0.671. The van der Waals surface area contributed by atoms with Crippen LogP contribution in [-0.2, 0) is 6.54 Å². The highest BCUT2D eigenvalue weighted by atomic mass is 127. The largest absolute Gasteiger partial charge is 0.337 e. The van der Waals surface area contributed by atoms with Crippen LogP contribution in [0.15, 0.2) is 36.4 Å². The number of nitrogens with zero attached hydrogens (tertiary/aromatic N) is 1. The second-order valence-corrected chi connectivity index (χ2v) is 6.47. The molecule has 2 aromatic rings. The fraction of sp³-hybridized carbons (Fsp3) is 0.133. The molecule has 2 nitrogen and oxygen atoms in total. The number of halogens is 4. The first-order valence-corrected chi connectivity index (χ1v) is 7.87. The number of hydrogen-bond acceptors (Lipinski definition) is 1. The van der Waals surface area contributed by atoms with Gasteiger partial charge in [-0.05, 0) is 52.9 Å². The van der Waals surface area contributed by atoms with E-state index in [1.807, 2.05) is 0 Å². The summed E-state index contributed by atoms with van der Waals surface area (Å²) in [5, 5.41) is 0.814. The number of carbonyl (C=O) groups is 1. The van der Waals surface area contributed by atoms with Crippen molar-refractivity contribution in [1.82, 2.24) is 4.90 Å². The molecule has 0 saturated heterocycles. The van der Waals surface area contributed by atoms with Crippen molar-refractivity contribution >= 4 is 51.7 Å². The van der Waals surface area contributed by atoms with Gasteiger partial charge in [0.05, 0.1) is 5.02 Å². The molecule has 0 aromatic heterocycles. The van der Waals surface area contributed by atoms with E-state index < -0.39 is 5.82 Å². The van der Waals surface area contributed by atoms with Gasteiger partial charge in [0, 0.05) is 33.3 Å². The lowest BCUT2D eigenvalue weighted by molar-refractivity contribution is 0.0784. The number of hydrogen-bond donors (Lipinski definition) is 0. The summed E-state index contributed by atoms with van der Waals surface area (Å²) in [4.78, 5) is 13.7. The number of rotatable bonds is 3. The topological polar surface area (TPSA) is 20.3 Å². The molecule has 0 radical (unpaired) electrons. The van der Waals surface area contributed by atoms with Crippen molar-refractivity contribution in [3.63, 3.8) is 0 Å². The Labute approximate surface area is 146 Å². The average molecular weight is 438 g/mol. The first kappa shape index (κ1) is 16.5. The van der Waals surface area contributed by atoms with Crippen molar-refractivity contribution in [3.8, 4) is 0 Å². The van der Waals surface area contributed by atoms with Gasteiger partial charge in [0.1, 0.15) is 5.82 Å². The van der Waals surface area contributed by atoms with Crippen LogP contribution in [-0.4, -0.2) is 17.9 Å². The van der Waals surface area contributed by atoms with E-state index in [0.29, 0.717) is 21.2 Å². The van der Waals surface area contributed by atoms with Crippen molar-refractivity contribution in [3.05, 3.63) is 67.0 Å². The van der Waals surface area contributed by atoms with E-state index >= 15 is 0 Å². The molecule has 6 heteroatoms. The average Bonchev–Trinajstić information content (AvgIpc) is 2.45. The predicted octanol–water partition coefficient (Wildman–Crippen LogP) is 5.01. The van der Waals surface area contributed by atoms with Crippen LogP contribution in [0, 0.1) is 9.39 Å². The Morgan fingerprint density at radius 1 is 1.24 bits per heavy atom. The lowest BCUT2D eigenvalue weighted by Crippen LogP contribution is -2.26. The maximum Gasteiger partial charge on any atom is 0.253 e. The fourth-order valence-corrected chi connectivity index (χ4v) is 2.58. The summed E-state index contributed by atoms with van der Waals surface area (Å²) in [6.07, 6.45) is 0. The van der Waals surface area contributed by atoms with Gasteiger partial charge in [0.15, 0.2) is 0 Å². The standard InChI is InChI=1S/C15H11Cl2FINO/c1-20(8-10-11(16)3-2-4-13(10)18)15(21)9-5-6-14(19)12(17)7-9/h2-7H,8H2,1H3. The molecule has 1 amide bonds. The van der Waals surface area contributed by atoms with Crippen molar-refractivity contribution in [2.75, 3.05) is 7.05 Å². The Bertz CT molecular complexity index is 673. The van der Waals surface area contributed by atoms with E-state index in [0.717, 1.165) is 3.57 Å². The zero-order valence-corrected chi connectivity index (χ0v) is 14.7. The SMILES string of the molecule is CN(Cc1c(F)cccc1Cl)C(=O)c1ccc(I)c(Cl)c1. The Kier molecular flexibility index (Phi) is 5.46. The highest BCUT2D eigenvalue weighted by molar-refractivity contribution is 14.1. The molecule has 110 valence electrons. The van der Waals surface area contributed by atoms with E-state index in [2.05, 4.69) is 22.6 Å². The molecule has 0 unspecified atom stereocenters. The molecule has 0 heterocycles. The van der Waals surface area contributed by atoms with Gasteiger partial charge in [-0.2, -0.15) is 0 Å². The van der Waals surface area contributed by atoms with Gasteiger partial charge < -0.3 is 4.90 Å². The molecule has 0 N–H and O–H groups in total. The minimum Gasteiger partial charge on any atom is -0.337 e. The summed E-state index contributed by atoms with van der Waals surface area (Å²) in [6, 6.07) is 9.50. The maximum atomic E-state index is 13.7. The lowest BCUT2D eigenvalue weighted by atomic mass is 10.1. The molecule has 2 rings (SSSR count). The van der Waals surface area contributed by atoms with Crippen molar-refractivity contribution < 1.29 is 9.18 Å². The van der Waals surface area contributed by atoms with Crippen LogP contribution in [0.2, 0.25) is 10.0 Å². The lowest BCUT2D eigenvalue weighted by Gasteiger charge is -2.18. The minimum atomic E-state index is -0.428. The Hall–Kier alpha value is -0.850. The minimum absolute atomic E-state index is 0.0912. The number of amides is 1. The third-order valence-corrected chi connectivity index (χ3v) is 4.90. The summed E-state index contributed by atoms with van der Waals surface area (Å²) in [7, 11) is 1.59. The van der Waals surface area contributed by atoms with E-state index in [1.165, 1.54) is 17.0 Å². The molecule has 2 aromatic carbocycles. The zero-order chi connectivity index (χ0) is 15.6. The molecule has 0 saturated carbocycles. The second kappa shape index (κ2) is 6.94. The molecule has 0 bridgehead atoms. The quantitative estimate of drug-likeness (QED) is 0.618. The van der Waals surface area contributed by atoms with Gasteiger partial charge in [-0.3, -0.25) is 4.79 Å². The fourth-order valence-electron chi connectivity index (χ4n) is 1.84. The highest BCUT2D eigenvalue weighted by Gasteiger charge is 2.16. The molecule has 21 heavy (non-hydrogen) atoms. The van der Waals surface area contributed by atoms with Crippen molar-refractivity contribution in [2.45, 2.75) is 6.54 Å². The van der Waals surface area contributed by atoms with Gasteiger partial charge in [-0.1, -0.05) is 29.3 Å². The summed E-state index contributed by atoms with van der Waals surface area (Å²) < 4.78 is 14.6. The Balaban J connectivity index is 2.21. The first-order valence-electron chi connectivity index (χ1n) is 6.03. The van der Waals surface area contributed by atoms with Gasteiger partial charge in [0.2, 0.25) is 0 Å². The summed E-state index contributed by atoms with van der Waals surface area (Å²) >= 11 is 14.1. The second-order valence-electron chi connectivity index (χ2n) is 4.49. The van der Waals surface area contributed by atoms with Gasteiger partial charge >= 0.3 is 0 Å². The molecule has 0 fully saturated rings. The Morgan fingerprint density at radius 2 is 1.95 bits per heavy atom. The van der Waals surface area contributed by atoms with E-state index in [4.69, 9.17) is 23.2 Å². The zero-order valence-electron chi connectivity index (χ0n) is 11.0. The normalized spacial score (nSPS) is 10.5. The van der Waals surface area contributed by atoms with Crippen LogP contribution >= 0.6 is 45.8 Å². The molecule has 0 aliphatic heterocycles. The van der Waals surface area contributed by atoms with Gasteiger partial charge in [-0.15, -0.1) is 0 Å². The smallest absolute Gasteiger partial charge is 0.253 e. The van der Waals surface area contributed by atoms with Crippen molar-refractivity contribution in [1.29, 1.82) is 0 Å². The van der Waals surface area contributed by atoms with Crippen molar-refractivity contribution in [2.24, 2.45) is 0 Å². The van der Waals surface area contributed by atoms with Crippen LogP contribution in [0.25, 0.3) is 0 Å². The molecular formula is C15H11Cl2FINO. The van der Waals surface area contributed by atoms with Crippen LogP contribution in [0.4, 0.5) is 4.39 Å². The monoisotopic (exact) mass is 437 g/mol. The Morgan fingerprint density at radius 3 is 2.57 bits per heavy atom. The van der Waals surface area contributed by atoms with Crippen LogP contribution in [0.3, 0.4) is 0 Å². The third-order valence-electron chi connectivity index (χ3n) is 2.97. The molecule has 0 aliphatic carbocycles. The summed E-state index contributed by atoms with van der Waals surface area (Å²) in [6.45, 7) is 0.0912. The number of benzene rings is 2. The molecule has 0 aliphatic rings. The van der Waals surface area contributed by atoms with E-state index in [1.54, 1.807) is 31.3 Å². The summed E-state index contributed by atoms with van der Waals surface area (Å²) in [5.41, 5.74) is 0.752. The number of carbonyl (C=O) groups excluding carboxylic acids is 1. The first-order chi connectivity index (χ1) is 9.90. The van der Waals surface area contributed by atoms with E-state index in [-0.39, 0.29) is 12.5 Å². The van der Waals surface area contributed by atoms with Gasteiger partial charge in [-0.25, -0.2) is 4.39 Å². The predicted molar refractivity (Wildman–Crippen MR) is 91.4 cm³/mol. The van der Waals surface area contributed by atoms with Gasteiger partial charge in [0.25, 0.3) is 5.91 Å². The maximum absolute atomic E-state index is 13.7. The molecule has 0 spiro atoms. The third kappa shape index (κ3) is 3.87. The highest BCUT2D eigenvalue weighted by Crippen LogP contribution is 2.23. The van der Waals surface area contributed by atoms with E-state index in [9.17, 15) is 9.18 Å². The molecule has 0 atom stereocenters.